The predicted octanol–water partition coefficient (Wildman–Crippen LogP) is 3.70. The zero-order valence-electron chi connectivity index (χ0n) is 9.63. The van der Waals surface area contributed by atoms with Crippen LogP contribution in [-0.2, 0) is 4.74 Å². The van der Waals surface area contributed by atoms with Crippen LogP contribution in [0.15, 0.2) is 0 Å². The Morgan fingerprint density at radius 3 is 2.64 bits per heavy atom. The van der Waals surface area contributed by atoms with Crippen LogP contribution in [0.25, 0.3) is 0 Å². The van der Waals surface area contributed by atoms with E-state index in [9.17, 15) is 0 Å². The van der Waals surface area contributed by atoms with Crippen LogP contribution in [0.2, 0.25) is 0 Å². The van der Waals surface area contributed by atoms with Gasteiger partial charge in [0.1, 0.15) is 0 Å². The van der Waals surface area contributed by atoms with Gasteiger partial charge in [-0.05, 0) is 43.4 Å². The summed E-state index contributed by atoms with van der Waals surface area (Å²) in [7, 11) is 1.77. The van der Waals surface area contributed by atoms with E-state index in [0.717, 1.165) is 24.9 Å². The maximum absolute atomic E-state index is 6.33. The average molecular weight is 219 g/mol. The molecular formula is C12H23ClO. The van der Waals surface area contributed by atoms with Gasteiger partial charge in [-0.3, -0.25) is 0 Å². The number of hydrogen-bond acceptors (Lipinski definition) is 1. The van der Waals surface area contributed by atoms with Gasteiger partial charge in [-0.15, -0.1) is 11.6 Å². The van der Waals surface area contributed by atoms with E-state index in [4.69, 9.17) is 16.3 Å². The molecule has 3 atom stereocenters. The third-order valence-corrected chi connectivity index (χ3v) is 4.14. The highest BCUT2D eigenvalue weighted by atomic mass is 35.5. The molecule has 14 heavy (non-hydrogen) atoms. The first-order valence-electron chi connectivity index (χ1n) is 5.78. The third kappa shape index (κ3) is 3.43. The molecule has 0 aromatic rings. The number of hydrogen-bond donors (Lipinski definition) is 0. The summed E-state index contributed by atoms with van der Waals surface area (Å²) < 4.78 is 5.13. The largest absolute Gasteiger partial charge is 0.385 e. The molecule has 1 aliphatic rings. The first-order valence-corrected chi connectivity index (χ1v) is 6.21. The standard InChI is InChI=1S/C12H23ClO/c1-9(2)10-4-5-12(13)11(8-10)6-7-14-3/h9-12H,4-8H2,1-3H3. The monoisotopic (exact) mass is 218 g/mol. The van der Waals surface area contributed by atoms with Crippen molar-refractivity contribution in [3.63, 3.8) is 0 Å². The molecule has 0 aliphatic heterocycles. The zero-order valence-corrected chi connectivity index (χ0v) is 10.4. The Morgan fingerprint density at radius 2 is 2.07 bits per heavy atom. The summed E-state index contributed by atoms with van der Waals surface area (Å²) in [5.41, 5.74) is 0. The quantitative estimate of drug-likeness (QED) is 0.654. The molecular weight excluding hydrogens is 196 g/mol. The van der Waals surface area contributed by atoms with Gasteiger partial charge in [-0.1, -0.05) is 13.8 Å². The Bertz CT molecular complexity index is 158. The van der Waals surface area contributed by atoms with Gasteiger partial charge >= 0.3 is 0 Å². The molecule has 1 fully saturated rings. The van der Waals surface area contributed by atoms with Crippen molar-refractivity contribution in [3.05, 3.63) is 0 Å². The average Bonchev–Trinajstić information content (AvgIpc) is 2.16. The summed E-state index contributed by atoms with van der Waals surface area (Å²) in [4.78, 5) is 0. The molecule has 0 N–H and O–H groups in total. The van der Waals surface area contributed by atoms with Crippen molar-refractivity contribution in [2.24, 2.45) is 17.8 Å². The summed E-state index contributed by atoms with van der Waals surface area (Å²) in [6, 6.07) is 0. The van der Waals surface area contributed by atoms with Gasteiger partial charge in [0.2, 0.25) is 0 Å². The van der Waals surface area contributed by atoms with Crippen molar-refractivity contribution in [2.45, 2.75) is 44.9 Å². The van der Waals surface area contributed by atoms with Gasteiger partial charge in [0.15, 0.2) is 0 Å². The molecule has 0 radical (unpaired) electrons. The fourth-order valence-corrected chi connectivity index (χ4v) is 2.79. The first kappa shape index (κ1) is 12.3. The van der Waals surface area contributed by atoms with Gasteiger partial charge in [0, 0.05) is 19.1 Å². The predicted molar refractivity (Wildman–Crippen MR) is 61.8 cm³/mol. The van der Waals surface area contributed by atoms with E-state index < -0.39 is 0 Å². The van der Waals surface area contributed by atoms with E-state index in [1.54, 1.807) is 7.11 Å². The molecule has 3 unspecified atom stereocenters. The van der Waals surface area contributed by atoms with Gasteiger partial charge in [0.05, 0.1) is 0 Å². The third-order valence-electron chi connectivity index (χ3n) is 3.57. The molecule has 0 spiro atoms. The fraction of sp³-hybridized carbons (Fsp3) is 1.00. The van der Waals surface area contributed by atoms with Crippen LogP contribution in [0.4, 0.5) is 0 Å². The summed E-state index contributed by atoms with van der Waals surface area (Å²) in [5, 5.41) is 0.389. The summed E-state index contributed by atoms with van der Waals surface area (Å²) in [6.45, 7) is 5.51. The van der Waals surface area contributed by atoms with E-state index in [1.807, 2.05) is 0 Å². The molecule has 0 heterocycles. The lowest BCUT2D eigenvalue weighted by Crippen LogP contribution is -2.28. The normalized spacial score (nSPS) is 33.6. The van der Waals surface area contributed by atoms with Crippen molar-refractivity contribution < 1.29 is 4.74 Å². The lowest BCUT2D eigenvalue weighted by molar-refractivity contribution is 0.144. The highest BCUT2D eigenvalue weighted by Crippen LogP contribution is 2.37. The van der Waals surface area contributed by atoms with Crippen LogP contribution in [0.5, 0.6) is 0 Å². The van der Waals surface area contributed by atoms with E-state index in [2.05, 4.69) is 13.8 Å². The second-order valence-corrected chi connectivity index (χ2v) is 5.44. The molecule has 1 saturated carbocycles. The molecule has 0 aromatic carbocycles. The molecule has 1 rings (SSSR count). The lowest BCUT2D eigenvalue weighted by atomic mass is 9.75. The fourth-order valence-electron chi connectivity index (χ4n) is 2.44. The number of rotatable bonds is 4. The molecule has 0 saturated heterocycles. The van der Waals surface area contributed by atoms with Crippen molar-refractivity contribution >= 4 is 11.6 Å². The Morgan fingerprint density at radius 1 is 1.36 bits per heavy atom. The molecule has 1 aliphatic carbocycles. The maximum Gasteiger partial charge on any atom is 0.0465 e. The smallest absolute Gasteiger partial charge is 0.0465 e. The Hall–Kier alpha value is 0.250. The Balaban J connectivity index is 2.38. The van der Waals surface area contributed by atoms with E-state index in [0.29, 0.717) is 11.3 Å². The van der Waals surface area contributed by atoms with Gasteiger partial charge in [0.25, 0.3) is 0 Å². The minimum Gasteiger partial charge on any atom is -0.385 e. The Kier molecular flexibility index (Phi) is 5.25. The van der Waals surface area contributed by atoms with Crippen molar-refractivity contribution in [1.29, 1.82) is 0 Å². The van der Waals surface area contributed by atoms with Gasteiger partial charge < -0.3 is 4.74 Å². The second kappa shape index (κ2) is 5.97. The molecule has 0 amide bonds. The highest BCUT2D eigenvalue weighted by Gasteiger charge is 2.30. The Labute approximate surface area is 93.2 Å². The van der Waals surface area contributed by atoms with Crippen molar-refractivity contribution in [3.8, 4) is 0 Å². The van der Waals surface area contributed by atoms with Crippen LogP contribution in [0.3, 0.4) is 0 Å². The molecule has 0 aromatic heterocycles. The second-order valence-electron chi connectivity index (χ2n) is 4.87. The topological polar surface area (TPSA) is 9.23 Å². The number of methoxy groups -OCH3 is 1. The van der Waals surface area contributed by atoms with Crippen LogP contribution in [0.1, 0.15) is 39.5 Å². The maximum atomic E-state index is 6.33. The first-order chi connectivity index (χ1) is 6.65. The minimum atomic E-state index is 0.389. The van der Waals surface area contributed by atoms with Crippen LogP contribution in [-0.4, -0.2) is 19.1 Å². The lowest BCUT2D eigenvalue weighted by Gasteiger charge is -2.35. The van der Waals surface area contributed by atoms with E-state index in [-0.39, 0.29) is 0 Å². The summed E-state index contributed by atoms with van der Waals surface area (Å²) in [5.74, 6) is 2.37. The van der Waals surface area contributed by atoms with Crippen molar-refractivity contribution in [1.82, 2.24) is 0 Å². The molecule has 2 heteroatoms. The van der Waals surface area contributed by atoms with Gasteiger partial charge in [-0.2, -0.15) is 0 Å². The number of alkyl halides is 1. The van der Waals surface area contributed by atoms with Crippen LogP contribution in [0, 0.1) is 17.8 Å². The SMILES string of the molecule is COCCC1CC(C(C)C)CCC1Cl. The van der Waals surface area contributed by atoms with E-state index >= 15 is 0 Å². The molecule has 84 valence electrons. The number of halogens is 1. The van der Waals surface area contributed by atoms with Crippen LogP contribution >= 0.6 is 11.6 Å². The minimum absolute atomic E-state index is 0.389. The molecule has 0 bridgehead atoms. The van der Waals surface area contributed by atoms with Gasteiger partial charge in [-0.25, -0.2) is 0 Å². The van der Waals surface area contributed by atoms with Crippen molar-refractivity contribution in [2.75, 3.05) is 13.7 Å². The summed E-state index contributed by atoms with van der Waals surface area (Å²) in [6.07, 6.45) is 4.94. The van der Waals surface area contributed by atoms with Crippen LogP contribution < -0.4 is 0 Å². The number of ether oxygens (including phenoxy) is 1. The highest BCUT2D eigenvalue weighted by molar-refractivity contribution is 6.20. The molecule has 1 nitrogen and oxygen atoms in total. The van der Waals surface area contributed by atoms with E-state index in [1.165, 1.54) is 19.3 Å². The summed E-state index contributed by atoms with van der Waals surface area (Å²) >= 11 is 6.33. The zero-order chi connectivity index (χ0) is 10.6.